The third-order valence-electron chi connectivity index (χ3n) is 4.73. The Kier molecular flexibility index (Phi) is 3.89. The molecule has 8 heteroatoms. The van der Waals surface area contributed by atoms with Gasteiger partial charge in [0, 0.05) is 26.8 Å². The van der Waals surface area contributed by atoms with Gasteiger partial charge in [-0.05, 0) is 41.3 Å². The van der Waals surface area contributed by atoms with Crippen molar-refractivity contribution in [1.29, 1.82) is 0 Å². The van der Waals surface area contributed by atoms with E-state index in [1.807, 2.05) is 28.9 Å². The molecule has 0 amide bonds. The molecule has 2 aromatic heterocycles. The Labute approximate surface area is 138 Å². The van der Waals surface area contributed by atoms with Crippen LogP contribution in [0.25, 0.3) is 11.0 Å². The fraction of sp³-hybridized carbons (Fsp3) is 0.500. The van der Waals surface area contributed by atoms with Crippen molar-refractivity contribution in [3.8, 4) is 0 Å². The molecule has 1 aliphatic rings. The van der Waals surface area contributed by atoms with E-state index in [1.165, 1.54) is 0 Å². The summed E-state index contributed by atoms with van der Waals surface area (Å²) in [6, 6.07) is 7.76. The van der Waals surface area contributed by atoms with Crippen molar-refractivity contribution in [2.24, 2.45) is 13.0 Å². The first-order chi connectivity index (χ1) is 11.7. The topological polar surface area (TPSA) is 79.8 Å². The highest BCUT2D eigenvalue weighted by Crippen LogP contribution is 2.17. The van der Waals surface area contributed by atoms with Gasteiger partial charge in [0.05, 0.1) is 17.6 Å². The molecule has 1 aliphatic heterocycles. The predicted molar refractivity (Wildman–Crippen MR) is 87.6 cm³/mol. The largest absolute Gasteiger partial charge is 0.381 e. The average Bonchev–Trinajstić information content (AvgIpc) is 3.15. The molecule has 4 rings (SSSR count). The summed E-state index contributed by atoms with van der Waals surface area (Å²) in [6.07, 6.45) is 2.04. The molecule has 0 unspecified atom stereocenters. The van der Waals surface area contributed by atoms with Crippen molar-refractivity contribution in [3.63, 3.8) is 0 Å². The summed E-state index contributed by atoms with van der Waals surface area (Å²) in [5, 5.41) is 12.1. The van der Waals surface area contributed by atoms with E-state index in [4.69, 9.17) is 4.74 Å². The molecule has 24 heavy (non-hydrogen) atoms. The molecule has 3 aromatic rings. The van der Waals surface area contributed by atoms with Gasteiger partial charge in [0.1, 0.15) is 0 Å². The fourth-order valence-corrected chi connectivity index (χ4v) is 3.31. The molecule has 0 aliphatic carbocycles. The molecular weight excluding hydrogens is 308 g/mol. The van der Waals surface area contributed by atoms with Gasteiger partial charge in [0.2, 0.25) is 0 Å². The maximum Gasteiger partial charge on any atom is 0.329 e. The van der Waals surface area contributed by atoms with Crippen LogP contribution in [0.2, 0.25) is 0 Å². The monoisotopic (exact) mass is 328 g/mol. The predicted octanol–water partition coefficient (Wildman–Crippen LogP) is 0.801. The van der Waals surface area contributed by atoms with E-state index < -0.39 is 0 Å². The van der Waals surface area contributed by atoms with Crippen molar-refractivity contribution in [2.75, 3.05) is 13.2 Å². The number of rotatable bonds is 4. The lowest BCUT2D eigenvalue weighted by Gasteiger charge is -2.21. The Morgan fingerprint density at radius 1 is 1.21 bits per heavy atom. The standard InChI is InChI=1S/C16H20N6O2/c1-20-13-4-2-3-5-14(13)21(16(20)23)11-15-17-18-19-22(15)10-12-6-8-24-9-7-12/h2-5,12H,6-11H2,1H3. The number of hydrogen-bond donors (Lipinski definition) is 0. The molecule has 0 atom stereocenters. The Morgan fingerprint density at radius 2 is 1.96 bits per heavy atom. The molecule has 1 aromatic carbocycles. The Bertz CT molecular complexity index is 903. The van der Waals surface area contributed by atoms with Crippen LogP contribution >= 0.6 is 0 Å². The summed E-state index contributed by atoms with van der Waals surface area (Å²) in [7, 11) is 1.78. The van der Waals surface area contributed by atoms with Crippen LogP contribution in [0.3, 0.4) is 0 Å². The van der Waals surface area contributed by atoms with Crippen LogP contribution in [-0.4, -0.2) is 42.6 Å². The van der Waals surface area contributed by atoms with Crippen LogP contribution in [0.5, 0.6) is 0 Å². The second-order valence-corrected chi connectivity index (χ2v) is 6.25. The van der Waals surface area contributed by atoms with Gasteiger partial charge < -0.3 is 4.74 Å². The molecule has 1 saturated heterocycles. The van der Waals surface area contributed by atoms with Crippen molar-refractivity contribution in [2.45, 2.75) is 25.9 Å². The number of nitrogens with zero attached hydrogens (tertiary/aromatic N) is 6. The highest BCUT2D eigenvalue weighted by Gasteiger charge is 2.19. The lowest BCUT2D eigenvalue weighted by atomic mass is 10.0. The molecular formula is C16H20N6O2. The average molecular weight is 328 g/mol. The summed E-state index contributed by atoms with van der Waals surface area (Å²) >= 11 is 0. The number of hydrogen-bond acceptors (Lipinski definition) is 5. The zero-order valence-corrected chi connectivity index (χ0v) is 13.6. The molecule has 0 spiro atoms. The van der Waals surface area contributed by atoms with Crippen LogP contribution in [0, 0.1) is 5.92 Å². The normalized spacial score (nSPS) is 16.0. The van der Waals surface area contributed by atoms with Gasteiger partial charge in [-0.25, -0.2) is 9.48 Å². The smallest absolute Gasteiger partial charge is 0.329 e. The SMILES string of the molecule is Cn1c(=O)n(Cc2nnnn2CC2CCOCC2)c2ccccc21. The maximum absolute atomic E-state index is 12.5. The quantitative estimate of drug-likeness (QED) is 0.708. The minimum Gasteiger partial charge on any atom is -0.381 e. The van der Waals surface area contributed by atoms with Crippen LogP contribution in [0.15, 0.2) is 29.1 Å². The molecule has 0 saturated carbocycles. The summed E-state index contributed by atoms with van der Waals surface area (Å²) in [5.74, 6) is 1.23. The first-order valence-electron chi connectivity index (χ1n) is 8.21. The molecule has 0 N–H and O–H groups in total. The number of para-hydroxylation sites is 2. The number of ether oxygens (including phenoxy) is 1. The lowest BCUT2D eigenvalue weighted by Crippen LogP contribution is -2.26. The number of tetrazole rings is 1. The van der Waals surface area contributed by atoms with Gasteiger partial charge in [-0.2, -0.15) is 0 Å². The van der Waals surface area contributed by atoms with Crippen molar-refractivity contribution < 1.29 is 4.74 Å². The highest BCUT2D eigenvalue weighted by atomic mass is 16.5. The Balaban J connectivity index is 1.64. The van der Waals surface area contributed by atoms with E-state index >= 15 is 0 Å². The Hall–Kier alpha value is -2.48. The zero-order valence-electron chi connectivity index (χ0n) is 13.6. The number of aryl methyl sites for hydroxylation is 1. The van der Waals surface area contributed by atoms with Crippen LogP contribution < -0.4 is 5.69 Å². The van der Waals surface area contributed by atoms with Gasteiger partial charge in [0.15, 0.2) is 5.82 Å². The fourth-order valence-electron chi connectivity index (χ4n) is 3.31. The van der Waals surface area contributed by atoms with E-state index in [0.29, 0.717) is 18.3 Å². The number of aromatic nitrogens is 6. The van der Waals surface area contributed by atoms with E-state index in [-0.39, 0.29) is 5.69 Å². The second-order valence-electron chi connectivity index (χ2n) is 6.25. The van der Waals surface area contributed by atoms with E-state index in [0.717, 1.165) is 43.6 Å². The van der Waals surface area contributed by atoms with Gasteiger partial charge in [0.25, 0.3) is 0 Å². The maximum atomic E-state index is 12.5. The molecule has 0 bridgehead atoms. The third-order valence-corrected chi connectivity index (χ3v) is 4.73. The van der Waals surface area contributed by atoms with Crippen LogP contribution in [0.1, 0.15) is 18.7 Å². The minimum atomic E-state index is -0.0585. The van der Waals surface area contributed by atoms with Gasteiger partial charge in [-0.1, -0.05) is 12.1 Å². The van der Waals surface area contributed by atoms with Crippen LogP contribution in [0.4, 0.5) is 0 Å². The van der Waals surface area contributed by atoms with E-state index in [9.17, 15) is 4.79 Å². The molecule has 1 fully saturated rings. The van der Waals surface area contributed by atoms with E-state index in [2.05, 4.69) is 15.5 Å². The van der Waals surface area contributed by atoms with Gasteiger partial charge >= 0.3 is 5.69 Å². The van der Waals surface area contributed by atoms with Gasteiger partial charge in [-0.3, -0.25) is 9.13 Å². The molecule has 0 radical (unpaired) electrons. The molecule has 126 valence electrons. The number of imidazole rings is 1. The summed E-state index contributed by atoms with van der Waals surface area (Å²) in [6.45, 7) is 2.73. The highest BCUT2D eigenvalue weighted by molar-refractivity contribution is 5.75. The Morgan fingerprint density at radius 3 is 2.75 bits per heavy atom. The number of fused-ring (bicyclic) bond motifs is 1. The first kappa shape index (κ1) is 15.1. The van der Waals surface area contributed by atoms with Crippen molar-refractivity contribution >= 4 is 11.0 Å². The van der Waals surface area contributed by atoms with Crippen molar-refractivity contribution in [1.82, 2.24) is 29.3 Å². The third kappa shape index (κ3) is 2.62. The zero-order chi connectivity index (χ0) is 16.5. The minimum absolute atomic E-state index is 0.0585. The summed E-state index contributed by atoms with van der Waals surface area (Å²) < 4.78 is 10.6. The van der Waals surface area contributed by atoms with Crippen LogP contribution in [-0.2, 0) is 24.9 Å². The lowest BCUT2D eigenvalue weighted by molar-refractivity contribution is 0.0596. The van der Waals surface area contributed by atoms with E-state index in [1.54, 1.807) is 16.2 Å². The molecule has 3 heterocycles. The molecule has 8 nitrogen and oxygen atoms in total. The first-order valence-corrected chi connectivity index (χ1v) is 8.21. The van der Waals surface area contributed by atoms with Gasteiger partial charge in [-0.15, -0.1) is 5.10 Å². The second kappa shape index (κ2) is 6.20. The number of benzene rings is 1. The summed E-state index contributed by atoms with van der Waals surface area (Å²) in [5.41, 5.74) is 1.74. The van der Waals surface area contributed by atoms with Crippen molar-refractivity contribution in [3.05, 3.63) is 40.6 Å². The summed E-state index contributed by atoms with van der Waals surface area (Å²) in [4.78, 5) is 12.5.